The van der Waals surface area contributed by atoms with Crippen LogP contribution in [-0.4, -0.2) is 28.5 Å². The largest absolute Gasteiger partial charge is 0.474 e. The van der Waals surface area contributed by atoms with E-state index in [1.807, 2.05) is 0 Å². The molecule has 0 N–H and O–H groups in total. The smallest absolute Gasteiger partial charge is 0.289 e. The molecule has 0 saturated carbocycles. The van der Waals surface area contributed by atoms with Crippen LogP contribution < -0.4 is 9.64 Å². The predicted octanol–water partition coefficient (Wildman–Crippen LogP) is 0.878. The first-order chi connectivity index (χ1) is 8.16. The van der Waals surface area contributed by atoms with Crippen molar-refractivity contribution in [1.29, 1.82) is 0 Å². The molecule has 0 aromatic carbocycles. The van der Waals surface area contributed by atoms with Gasteiger partial charge < -0.3 is 9.64 Å². The molecule has 1 aromatic rings. The van der Waals surface area contributed by atoms with Crippen molar-refractivity contribution in [3.63, 3.8) is 0 Å². The van der Waals surface area contributed by atoms with Crippen molar-refractivity contribution in [3.8, 4) is 5.88 Å². The quantitative estimate of drug-likeness (QED) is 0.532. The fourth-order valence-electron chi connectivity index (χ4n) is 2.22. The van der Waals surface area contributed by atoms with Gasteiger partial charge in [-0.05, 0) is 6.42 Å². The Morgan fingerprint density at radius 3 is 3.18 bits per heavy atom. The Hall–Kier alpha value is -2.18. The number of nitrogens with zero attached hydrogens (tertiary/aromatic N) is 3. The van der Waals surface area contributed by atoms with Crippen molar-refractivity contribution >= 4 is 17.3 Å². The summed E-state index contributed by atoms with van der Waals surface area (Å²) in [6.07, 6.45) is 2.32. The molecule has 2 aliphatic heterocycles. The number of nitro groups is 1. The summed E-state index contributed by atoms with van der Waals surface area (Å²) in [5.41, 5.74) is 0.283. The van der Waals surface area contributed by atoms with E-state index in [1.54, 1.807) is 4.90 Å². The van der Waals surface area contributed by atoms with Crippen LogP contribution in [0.5, 0.6) is 5.88 Å². The molecule has 0 radical (unpaired) electrons. The molecule has 3 heterocycles. The maximum atomic E-state index is 11.7. The second kappa shape index (κ2) is 3.41. The SMILES string of the molecule is O=C1CC[C@@H]2COc3ncc([N+](=O)[O-])cc3N12. The monoisotopic (exact) mass is 235 g/mol. The van der Waals surface area contributed by atoms with Crippen molar-refractivity contribution in [2.24, 2.45) is 0 Å². The second-order valence-electron chi connectivity index (χ2n) is 4.04. The number of ether oxygens (including phenoxy) is 1. The lowest BCUT2D eigenvalue weighted by Crippen LogP contribution is -2.40. The number of carbonyl (C=O) groups excluding carboxylic acids is 1. The number of hydrogen-bond donors (Lipinski definition) is 0. The van der Waals surface area contributed by atoms with Gasteiger partial charge in [-0.2, -0.15) is 0 Å². The van der Waals surface area contributed by atoms with E-state index in [4.69, 9.17) is 4.74 Å². The predicted molar refractivity (Wildman–Crippen MR) is 56.9 cm³/mol. The molecule has 88 valence electrons. The van der Waals surface area contributed by atoms with Crippen LogP contribution >= 0.6 is 0 Å². The van der Waals surface area contributed by atoms with Crippen LogP contribution in [0.4, 0.5) is 11.4 Å². The molecule has 1 atom stereocenters. The minimum atomic E-state index is -0.530. The van der Waals surface area contributed by atoms with Gasteiger partial charge in [-0.15, -0.1) is 0 Å². The van der Waals surface area contributed by atoms with Crippen LogP contribution in [0.2, 0.25) is 0 Å². The molecule has 1 saturated heterocycles. The van der Waals surface area contributed by atoms with Crippen molar-refractivity contribution in [2.45, 2.75) is 18.9 Å². The van der Waals surface area contributed by atoms with Crippen LogP contribution in [0.15, 0.2) is 12.3 Å². The number of fused-ring (bicyclic) bond motifs is 3. The van der Waals surface area contributed by atoms with Gasteiger partial charge >= 0.3 is 0 Å². The Kier molecular flexibility index (Phi) is 2.01. The summed E-state index contributed by atoms with van der Waals surface area (Å²) < 4.78 is 5.39. The van der Waals surface area contributed by atoms with Crippen molar-refractivity contribution < 1.29 is 14.5 Å². The fourth-order valence-corrected chi connectivity index (χ4v) is 2.22. The average molecular weight is 235 g/mol. The van der Waals surface area contributed by atoms with E-state index in [0.29, 0.717) is 24.6 Å². The highest BCUT2D eigenvalue weighted by Crippen LogP contribution is 2.38. The van der Waals surface area contributed by atoms with E-state index in [2.05, 4.69) is 4.98 Å². The van der Waals surface area contributed by atoms with Gasteiger partial charge in [0.05, 0.1) is 11.0 Å². The zero-order valence-electron chi connectivity index (χ0n) is 8.83. The summed E-state index contributed by atoms with van der Waals surface area (Å²) in [7, 11) is 0. The third kappa shape index (κ3) is 1.42. The minimum absolute atomic E-state index is 0.0150. The third-order valence-corrected chi connectivity index (χ3v) is 3.03. The maximum absolute atomic E-state index is 11.7. The summed E-state index contributed by atoms with van der Waals surface area (Å²) in [5, 5.41) is 10.7. The van der Waals surface area contributed by atoms with Crippen molar-refractivity contribution in [2.75, 3.05) is 11.5 Å². The molecule has 0 aliphatic carbocycles. The standard InChI is InChI=1S/C10H9N3O4/c14-9-2-1-6-5-17-10-8(12(6)9)3-7(4-11-10)13(15)16/h3-4,6H,1-2,5H2/t6-/m1/s1. The Bertz CT molecular complexity index is 516. The highest BCUT2D eigenvalue weighted by atomic mass is 16.6. The van der Waals surface area contributed by atoms with Gasteiger partial charge in [0.2, 0.25) is 11.8 Å². The molecule has 0 spiro atoms. The molecular formula is C10H9N3O4. The fraction of sp³-hybridized carbons (Fsp3) is 0.400. The Balaban J connectivity index is 2.10. The highest BCUT2D eigenvalue weighted by molar-refractivity contribution is 5.98. The number of anilines is 1. The van der Waals surface area contributed by atoms with E-state index in [0.717, 1.165) is 12.6 Å². The molecule has 1 amide bonds. The molecule has 17 heavy (non-hydrogen) atoms. The van der Waals surface area contributed by atoms with Gasteiger partial charge in [0.25, 0.3) is 5.69 Å². The second-order valence-corrected chi connectivity index (χ2v) is 4.04. The summed E-state index contributed by atoms with van der Waals surface area (Å²) >= 11 is 0. The lowest BCUT2D eigenvalue weighted by Gasteiger charge is -2.30. The van der Waals surface area contributed by atoms with Crippen molar-refractivity contribution in [1.82, 2.24) is 4.98 Å². The minimum Gasteiger partial charge on any atom is -0.474 e. The average Bonchev–Trinajstić information content (AvgIpc) is 2.70. The van der Waals surface area contributed by atoms with E-state index in [1.165, 1.54) is 6.07 Å². The van der Waals surface area contributed by atoms with Crippen LogP contribution in [0, 0.1) is 10.1 Å². The number of pyridine rings is 1. The van der Waals surface area contributed by atoms with Crippen LogP contribution in [0.1, 0.15) is 12.8 Å². The Morgan fingerprint density at radius 1 is 1.59 bits per heavy atom. The van der Waals surface area contributed by atoms with Crippen LogP contribution in [-0.2, 0) is 4.79 Å². The third-order valence-electron chi connectivity index (χ3n) is 3.03. The maximum Gasteiger partial charge on any atom is 0.289 e. The molecule has 2 aliphatic rings. The van der Waals surface area contributed by atoms with E-state index in [-0.39, 0.29) is 17.6 Å². The van der Waals surface area contributed by atoms with Gasteiger partial charge in [0.1, 0.15) is 18.5 Å². The molecule has 1 fully saturated rings. The first kappa shape index (κ1) is 10.0. The number of hydrogen-bond acceptors (Lipinski definition) is 5. The lowest BCUT2D eigenvalue weighted by molar-refractivity contribution is -0.385. The molecule has 7 nitrogen and oxygen atoms in total. The molecule has 3 rings (SSSR count). The summed E-state index contributed by atoms with van der Waals surface area (Å²) in [6.45, 7) is 0.406. The Labute approximate surface area is 96.2 Å². The first-order valence-electron chi connectivity index (χ1n) is 5.26. The molecule has 0 unspecified atom stereocenters. The van der Waals surface area contributed by atoms with Gasteiger partial charge in [0, 0.05) is 12.5 Å². The normalized spacial score (nSPS) is 21.8. The topological polar surface area (TPSA) is 85.6 Å². The number of amides is 1. The number of rotatable bonds is 1. The van der Waals surface area contributed by atoms with E-state index in [9.17, 15) is 14.9 Å². The van der Waals surface area contributed by atoms with Crippen LogP contribution in [0.3, 0.4) is 0 Å². The Morgan fingerprint density at radius 2 is 2.41 bits per heavy atom. The molecular weight excluding hydrogens is 226 g/mol. The zero-order chi connectivity index (χ0) is 12.0. The van der Waals surface area contributed by atoms with Gasteiger partial charge in [0.15, 0.2) is 0 Å². The van der Waals surface area contributed by atoms with Gasteiger partial charge in [-0.1, -0.05) is 0 Å². The summed E-state index contributed by atoms with van der Waals surface area (Å²) in [6, 6.07) is 1.33. The van der Waals surface area contributed by atoms with Gasteiger partial charge in [-0.25, -0.2) is 4.98 Å². The highest BCUT2D eigenvalue weighted by Gasteiger charge is 2.38. The van der Waals surface area contributed by atoms with Gasteiger partial charge in [-0.3, -0.25) is 14.9 Å². The van der Waals surface area contributed by atoms with E-state index >= 15 is 0 Å². The first-order valence-corrected chi connectivity index (χ1v) is 5.26. The van der Waals surface area contributed by atoms with Crippen LogP contribution in [0.25, 0.3) is 0 Å². The lowest BCUT2D eigenvalue weighted by atomic mass is 10.2. The number of carbonyl (C=O) groups is 1. The summed E-state index contributed by atoms with van der Waals surface area (Å²) in [4.78, 5) is 27.3. The molecule has 1 aromatic heterocycles. The van der Waals surface area contributed by atoms with E-state index < -0.39 is 4.92 Å². The molecule has 7 heteroatoms. The summed E-state index contributed by atoms with van der Waals surface area (Å²) in [5.74, 6) is 0.268. The van der Waals surface area contributed by atoms with Crippen molar-refractivity contribution in [3.05, 3.63) is 22.4 Å². The number of aromatic nitrogens is 1. The zero-order valence-corrected chi connectivity index (χ0v) is 8.83. The molecule has 0 bridgehead atoms.